The minimum atomic E-state index is -4.30. The molecule has 0 unspecified atom stereocenters. The number of carboxylic acids is 1. The van der Waals surface area contributed by atoms with Gasteiger partial charge in [-0.2, -0.15) is 8.78 Å². The molecule has 0 aromatic carbocycles. The molecule has 140 valence electrons. The van der Waals surface area contributed by atoms with Crippen LogP contribution in [0.15, 0.2) is 18.3 Å². The number of hydrogen-bond acceptors (Lipinski definition) is 4. The second-order valence-electron chi connectivity index (χ2n) is 5.47. The third-order valence-corrected chi connectivity index (χ3v) is 3.17. The van der Waals surface area contributed by atoms with E-state index in [-0.39, 0.29) is 30.5 Å². The normalized spacial score (nSPS) is 11.7. The summed E-state index contributed by atoms with van der Waals surface area (Å²) >= 11 is 0. The number of carboxylic acid groups (broad SMARTS) is 1. The van der Waals surface area contributed by atoms with Crippen molar-refractivity contribution in [1.29, 1.82) is 0 Å². The zero-order chi connectivity index (χ0) is 19.2. The van der Waals surface area contributed by atoms with E-state index in [0.29, 0.717) is 0 Å². The van der Waals surface area contributed by atoms with Crippen LogP contribution in [0.25, 0.3) is 0 Å². The Morgan fingerprint density at radius 2 is 1.96 bits per heavy atom. The molecule has 6 nitrogen and oxygen atoms in total. The number of aromatic nitrogens is 1. The lowest BCUT2D eigenvalue weighted by atomic mass is 10.2. The van der Waals surface area contributed by atoms with Crippen molar-refractivity contribution in [3.05, 3.63) is 23.9 Å². The molecule has 10 heteroatoms. The van der Waals surface area contributed by atoms with E-state index in [0.717, 1.165) is 12.3 Å². The van der Waals surface area contributed by atoms with Gasteiger partial charge < -0.3 is 14.7 Å². The van der Waals surface area contributed by atoms with Gasteiger partial charge in [0.1, 0.15) is 0 Å². The number of amides is 1. The molecule has 0 saturated heterocycles. The first-order chi connectivity index (χ1) is 11.5. The predicted molar refractivity (Wildman–Crippen MR) is 79.1 cm³/mol. The molecular weight excluding hydrogens is 348 g/mol. The minimum absolute atomic E-state index is 0.00923. The first-order valence-corrected chi connectivity index (χ1v) is 7.32. The number of ether oxygens (including phenoxy) is 1. The van der Waals surface area contributed by atoms with Crippen LogP contribution in [-0.2, 0) is 4.79 Å². The zero-order valence-corrected chi connectivity index (χ0v) is 13.6. The van der Waals surface area contributed by atoms with E-state index < -0.39 is 30.8 Å². The molecule has 0 saturated carbocycles. The Morgan fingerprint density at radius 3 is 2.40 bits per heavy atom. The van der Waals surface area contributed by atoms with Gasteiger partial charge in [-0.1, -0.05) is 0 Å². The molecule has 0 aliphatic rings. The molecule has 1 heterocycles. The van der Waals surface area contributed by atoms with Gasteiger partial charge in [-0.25, -0.2) is 13.8 Å². The maximum Gasteiger partial charge on any atom is 0.340 e. The smallest absolute Gasteiger partial charge is 0.340 e. The molecule has 0 aliphatic heterocycles. The molecule has 0 fully saturated rings. The van der Waals surface area contributed by atoms with E-state index in [1.807, 2.05) is 0 Å². The molecule has 1 aromatic rings. The van der Waals surface area contributed by atoms with Crippen LogP contribution in [-0.4, -0.2) is 58.4 Å². The predicted octanol–water partition coefficient (Wildman–Crippen LogP) is 2.69. The molecule has 1 N–H and O–H groups in total. The van der Waals surface area contributed by atoms with Gasteiger partial charge in [0.25, 0.3) is 5.91 Å². The maximum atomic E-state index is 12.8. The third kappa shape index (κ3) is 6.20. The quantitative estimate of drug-likeness (QED) is 0.680. The molecule has 0 radical (unpaired) electrons. The highest BCUT2D eigenvalue weighted by Gasteiger charge is 2.41. The topological polar surface area (TPSA) is 79.7 Å². The number of nitrogens with zero attached hydrogens (tertiary/aromatic N) is 2. The lowest BCUT2D eigenvalue weighted by molar-refractivity contribution is -0.148. The van der Waals surface area contributed by atoms with Gasteiger partial charge >= 0.3 is 18.3 Å². The van der Waals surface area contributed by atoms with Crippen LogP contribution in [0, 0.1) is 0 Å². The van der Waals surface area contributed by atoms with Gasteiger partial charge in [-0.05, 0) is 19.9 Å². The van der Waals surface area contributed by atoms with Crippen LogP contribution in [0.2, 0.25) is 0 Å². The van der Waals surface area contributed by atoms with Gasteiger partial charge in [0.2, 0.25) is 5.88 Å². The van der Waals surface area contributed by atoms with Crippen LogP contribution in [0.3, 0.4) is 0 Å². The Kier molecular flexibility index (Phi) is 7.13. The van der Waals surface area contributed by atoms with E-state index in [1.54, 1.807) is 13.8 Å². The highest BCUT2D eigenvalue weighted by Crippen LogP contribution is 2.23. The number of carbonyl (C=O) groups excluding carboxylic acids is 1. The van der Waals surface area contributed by atoms with Crippen LogP contribution < -0.4 is 4.74 Å². The summed E-state index contributed by atoms with van der Waals surface area (Å²) < 4.78 is 54.1. The Morgan fingerprint density at radius 1 is 1.32 bits per heavy atom. The van der Waals surface area contributed by atoms with Crippen molar-refractivity contribution in [2.45, 2.75) is 38.7 Å². The number of halogens is 4. The first kappa shape index (κ1) is 20.7. The Balaban J connectivity index is 2.76. The Bertz CT molecular complexity index is 594. The summed E-state index contributed by atoms with van der Waals surface area (Å²) in [7, 11) is 0. The van der Waals surface area contributed by atoms with Crippen LogP contribution in [0.1, 0.15) is 30.6 Å². The summed E-state index contributed by atoms with van der Waals surface area (Å²) in [6.07, 6.45) is -3.04. The summed E-state index contributed by atoms with van der Waals surface area (Å²) in [5.74, 6) is -6.19. The largest absolute Gasteiger partial charge is 0.481 e. The first-order valence-electron chi connectivity index (χ1n) is 7.32. The van der Waals surface area contributed by atoms with Crippen molar-refractivity contribution in [3.63, 3.8) is 0 Å². The number of alkyl halides is 4. The van der Waals surface area contributed by atoms with Crippen molar-refractivity contribution >= 4 is 11.9 Å². The molecule has 1 aromatic heterocycles. The van der Waals surface area contributed by atoms with Crippen LogP contribution in [0.5, 0.6) is 5.88 Å². The Labute approximate surface area is 141 Å². The van der Waals surface area contributed by atoms with Crippen LogP contribution in [0.4, 0.5) is 17.6 Å². The van der Waals surface area contributed by atoms with Gasteiger partial charge in [-0.15, -0.1) is 0 Å². The monoisotopic (exact) mass is 366 g/mol. The second-order valence-corrected chi connectivity index (χ2v) is 5.47. The second kappa shape index (κ2) is 8.63. The van der Waals surface area contributed by atoms with Crippen LogP contribution >= 0.6 is 0 Å². The minimum Gasteiger partial charge on any atom is -0.481 e. The maximum absolute atomic E-state index is 12.8. The SMILES string of the molecule is CC(C)N(CCC(=O)O)C(=O)c1ccc(OCC(F)(F)C(F)F)nc1. The number of aliphatic carboxylic acids is 1. The summed E-state index contributed by atoms with van der Waals surface area (Å²) in [6.45, 7) is 1.86. The lowest BCUT2D eigenvalue weighted by Gasteiger charge is -2.26. The fourth-order valence-corrected chi connectivity index (χ4v) is 1.80. The average molecular weight is 366 g/mol. The molecule has 25 heavy (non-hydrogen) atoms. The molecule has 1 amide bonds. The van der Waals surface area contributed by atoms with E-state index in [2.05, 4.69) is 9.72 Å². The summed E-state index contributed by atoms with van der Waals surface area (Å²) in [5.41, 5.74) is 0.0899. The molecule has 0 bridgehead atoms. The van der Waals surface area contributed by atoms with Gasteiger partial charge in [0.15, 0.2) is 6.61 Å². The molecule has 0 atom stereocenters. The zero-order valence-electron chi connectivity index (χ0n) is 13.6. The number of pyridine rings is 1. The van der Waals surface area contributed by atoms with Crippen molar-refractivity contribution in [2.24, 2.45) is 0 Å². The van der Waals surface area contributed by atoms with E-state index in [1.165, 1.54) is 11.0 Å². The molecule has 1 rings (SSSR count). The van der Waals surface area contributed by atoms with Gasteiger partial charge in [0, 0.05) is 24.8 Å². The van der Waals surface area contributed by atoms with Crippen molar-refractivity contribution < 1.29 is 37.0 Å². The fraction of sp³-hybridized carbons (Fsp3) is 0.533. The molecule has 0 aliphatic carbocycles. The molecular formula is C15H18F4N2O4. The van der Waals surface area contributed by atoms with E-state index in [9.17, 15) is 27.2 Å². The van der Waals surface area contributed by atoms with Gasteiger partial charge in [-0.3, -0.25) is 9.59 Å². The number of hydrogen-bond donors (Lipinski definition) is 1. The number of rotatable bonds is 9. The number of carbonyl (C=O) groups is 2. The fourth-order valence-electron chi connectivity index (χ4n) is 1.80. The third-order valence-electron chi connectivity index (χ3n) is 3.17. The van der Waals surface area contributed by atoms with Crippen molar-refractivity contribution in [1.82, 2.24) is 9.88 Å². The summed E-state index contributed by atoms with van der Waals surface area (Å²) in [4.78, 5) is 27.9. The van der Waals surface area contributed by atoms with Crippen molar-refractivity contribution in [3.8, 4) is 5.88 Å². The Hall–Kier alpha value is -2.39. The van der Waals surface area contributed by atoms with Crippen molar-refractivity contribution in [2.75, 3.05) is 13.2 Å². The van der Waals surface area contributed by atoms with Gasteiger partial charge in [0.05, 0.1) is 12.0 Å². The standard InChI is InChI=1S/C15H18F4N2O4/c1-9(2)21(6-5-12(22)23)13(24)10-3-4-11(20-7-10)25-8-15(18,19)14(16)17/h3-4,7,9,14H,5-6,8H2,1-2H3,(H,22,23). The molecule has 0 spiro atoms. The highest BCUT2D eigenvalue weighted by molar-refractivity contribution is 5.94. The highest BCUT2D eigenvalue weighted by atomic mass is 19.3. The average Bonchev–Trinajstić information content (AvgIpc) is 2.52. The summed E-state index contributed by atoms with van der Waals surface area (Å²) in [5, 5.41) is 8.72. The van der Waals surface area contributed by atoms with E-state index >= 15 is 0 Å². The lowest BCUT2D eigenvalue weighted by Crippen LogP contribution is -2.38. The van der Waals surface area contributed by atoms with E-state index in [4.69, 9.17) is 5.11 Å². The summed E-state index contributed by atoms with van der Waals surface area (Å²) in [6, 6.07) is 2.07.